The maximum Gasteiger partial charge on any atom is 0.228 e. The molecule has 0 bridgehead atoms. The SMILES string of the molecule is O=C1CC=C(C2=NOC(CC(=O)Nc3cccc4c3C(=O)C3=C4C=CCC3)C2)CC1. The lowest BCUT2D eigenvalue weighted by Crippen LogP contribution is -2.21. The number of nitrogens with zero attached hydrogens (tertiary/aromatic N) is 1. The largest absolute Gasteiger partial charge is 0.391 e. The zero-order valence-electron chi connectivity index (χ0n) is 16.6. The highest BCUT2D eigenvalue weighted by atomic mass is 16.6. The molecule has 0 saturated carbocycles. The van der Waals surface area contributed by atoms with E-state index in [0.29, 0.717) is 36.9 Å². The summed E-state index contributed by atoms with van der Waals surface area (Å²) in [6.07, 6.45) is 9.66. The summed E-state index contributed by atoms with van der Waals surface area (Å²) in [7, 11) is 0. The average Bonchev–Trinajstić information content (AvgIpc) is 3.33. The molecule has 5 rings (SSSR count). The molecule has 1 aromatic rings. The van der Waals surface area contributed by atoms with Gasteiger partial charge in [0.1, 0.15) is 11.9 Å². The lowest BCUT2D eigenvalue weighted by Gasteiger charge is -2.13. The molecule has 0 aromatic heterocycles. The van der Waals surface area contributed by atoms with Crippen LogP contribution in [0.4, 0.5) is 5.69 Å². The van der Waals surface area contributed by atoms with Crippen molar-refractivity contribution in [3.8, 4) is 0 Å². The Bertz CT molecular complexity index is 1090. The molecule has 1 atom stereocenters. The molecule has 1 amide bonds. The number of anilines is 1. The first kappa shape index (κ1) is 18.7. The molecule has 1 aromatic carbocycles. The van der Waals surface area contributed by atoms with E-state index in [1.54, 1.807) is 6.07 Å². The Morgan fingerprint density at radius 3 is 2.93 bits per heavy atom. The van der Waals surface area contributed by atoms with Crippen LogP contribution in [0.5, 0.6) is 0 Å². The molecule has 6 nitrogen and oxygen atoms in total. The quantitative estimate of drug-likeness (QED) is 0.820. The van der Waals surface area contributed by atoms with Gasteiger partial charge in [-0.05, 0) is 42.0 Å². The van der Waals surface area contributed by atoms with Crippen molar-refractivity contribution in [2.24, 2.45) is 5.16 Å². The predicted octanol–water partition coefficient (Wildman–Crippen LogP) is 4.14. The fourth-order valence-corrected chi connectivity index (χ4v) is 4.54. The minimum absolute atomic E-state index is 0.0155. The highest BCUT2D eigenvalue weighted by Crippen LogP contribution is 2.41. The Labute approximate surface area is 174 Å². The molecule has 0 radical (unpaired) electrons. The summed E-state index contributed by atoms with van der Waals surface area (Å²) in [5.41, 5.74) is 5.74. The molecule has 1 N–H and O–H groups in total. The topological polar surface area (TPSA) is 84.8 Å². The van der Waals surface area contributed by atoms with Crippen LogP contribution < -0.4 is 5.32 Å². The zero-order valence-corrected chi connectivity index (χ0v) is 16.6. The van der Waals surface area contributed by atoms with Crippen LogP contribution in [0.3, 0.4) is 0 Å². The van der Waals surface area contributed by atoms with Gasteiger partial charge >= 0.3 is 0 Å². The van der Waals surface area contributed by atoms with Gasteiger partial charge in [-0.2, -0.15) is 0 Å². The molecule has 152 valence electrons. The minimum Gasteiger partial charge on any atom is -0.391 e. The summed E-state index contributed by atoms with van der Waals surface area (Å²) in [5, 5.41) is 7.04. The van der Waals surface area contributed by atoms with Crippen molar-refractivity contribution in [2.75, 3.05) is 5.32 Å². The molecule has 6 heteroatoms. The Morgan fingerprint density at radius 1 is 1.20 bits per heavy atom. The molecule has 0 saturated heterocycles. The van der Waals surface area contributed by atoms with Crippen LogP contribution in [0, 0.1) is 0 Å². The van der Waals surface area contributed by atoms with Gasteiger partial charge in [0.15, 0.2) is 5.78 Å². The second-order valence-corrected chi connectivity index (χ2v) is 8.08. The summed E-state index contributed by atoms with van der Waals surface area (Å²) in [6, 6.07) is 5.58. The van der Waals surface area contributed by atoms with Gasteiger partial charge in [0.05, 0.1) is 23.4 Å². The lowest BCUT2D eigenvalue weighted by molar-refractivity contribution is -0.119. The number of rotatable bonds is 4. The number of carbonyl (C=O) groups is 3. The molecular weight excluding hydrogens is 380 g/mol. The second-order valence-electron chi connectivity index (χ2n) is 8.08. The van der Waals surface area contributed by atoms with Crippen molar-refractivity contribution < 1.29 is 19.2 Å². The van der Waals surface area contributed by atoms with Crippen LogP contribution in [-0.4, -0.2) is 29.3 Å². The lowest BCUT2D eigenvalue weighted by atomic mass is 9.92. The monoisotopic (exact) mass is 402 g/mol. The van der Waals surface area contributed by atoms with Crippen molar-refractivity contribution in [1.29, 1.82) is 0 Å². The first-order valence-electron chi connectivity index (χ1n) is 10.4. The number of oxime groups is 1. The minimum atomic E-state index is -0.333. The summed E-state index contributed by atoms with van der Waals surface area (Å²) < 4.78 is 0. The Hall–Kier alpha value is -3.28. The molecule has 1 aliphatic heterocycles. The standard InChI is InChI=1S/C24H22N2O4/c27-15-10-8-14(9-11-15)21-12-16(30-26-21)13-22(28)25-20-7-3-6-18-17-4-1-2-5-19(17)24(29)23(18)20/h1,3-4,6-8,16H,2,5,9-13H2,(H,25,28). The molecule has 0 fully saturated rings. The maximum atomic E-state index is 12.9. The third kappa shape index (κ3) is 3.32. The van der Waals surface area contributed by atoms with Crippen molar-refractivity contribution in [3.63, 3.8) is 0 Å². The van der Waals surface area contributed by atoms with E-state index in [4.69, 9.17) is 4.84 Å². The number of allylic oxidation sites excluding steroid dienone is 6. The smallest absolute Gasteiger partial charge is 0.228 e. The number of benzene rings is 1. The van der Waals surface area contributed by atoms with E-state index in [0.717, 1.165) is 40.8 Å². The van der Waals surface area contributed by atoms with Gasteiger partial charge in [-0.1, -0.05) is 35.5 Å². The average molecular weight is 402 g/mol. The van der Waals surface area contributed by atoms with Gasteiger partial charge in [-0.3, -0.25) is 14.4 Å². The first-order chi connectivity index (χ1) is 14.6. The van der Waals surface area contributed by atoms with Crippen molar-refractivity contribution in [2.45, 2.75) is 51.0 Å². The van der Waals surface area contributed by atoms with Crippen LogP contribution in [0.1, 0.15) is 60.9 Å². The molecule has 3 aliphatic carbocycles. The van der Waals surface area contributed by atoms with Crippen molar-refractivity contribution in [1.82, 2.24) is 0 Å². The number of Topliss-reactive ketones (excluding diaryl/α,β-unsaturated/α-hetero) is 2. The molecule has 4 aliphatic rings. The third-order valence-corrected chi connectivity index (χ3v) is 6.07. The van der Waals surface area contributed by atoms with Crippen LogP contribution in [0.15, 0.2) is 52.7 Å². The molecule has 1 heterocycles. The van der Waals surface area contributed by atoms with E-state index in [1.807, 2.05) is 24.3 Å². The van der Waals surface area contributed by atoms with Crippen LogP contribution in [-0.2, 0) is 14.4 Å². The van der Waals surface area contributed by atoms with Crippen LogP contribution in [0.2, 0.25) is 0 Å². The maximum absolute atomic E-state index is 12.9. The van der Waals surface area contributed by atoms with E-state index < -0.39 is 0 Å². The Morgan fingerprint density at radius 2 is 2.10 bits per heavy atom. The van der Waals surface area contributed by atoms with Gasteiger partial charge in [0.2, 0.25) is 5.91 Å². The van der Waals surface area contributed by atoms with Gasteiger partial charge < -0.3 is 10.2 Å². The number of amides is 1. The van der Waals surface area contributed by atoms with Crippen molar-refractivity contribution in [3.05, 3.63) is 58.7 Å². The molecular formula is C24H22N2O4. The molecule has 0 spiro atoms. The van der Waals surface area contributed by atoms with Crippen LogP contribution >= 0.6 is 0 Å². The van der Waals surface area contributed by atoms with E-state index in [2.05, 4.69) is 16.5 Å². The van der Waals surface area contributed by atoms with Gasteiger partial charge in [-0.25, -0.2) is 0 Å². The summed E-state index contributed by atoms with van der Waals surface area (Å²) >= 11 is 0. The first-order valence-corrected chi connectivity index (χ1v) is 10.4. The number of carbonyl (C=O) groups excluding carboxylic acids is 3. The molecule has 1 unspecified atom stereocenters. The second kappa shape index (κ2) is 7.52. The normalized spacial score (nSPS) is 22.3. The fourth-order valence-electron chi connectivity index (χ4n) is 4.54. The Kier molecular flexibility index (Phi) is 4.69. The van der Waals surface area contributed by atoms with E-state index in [1.165, 1.54) is 0 Å². The van der Waals surface area contributed by atoms with Crippen molar-refractivity contribution >= 4 is 34.4 Å². The predicted molar refractivity (Wildman–Crippen MR) is 113 cm³/mol. The molecule has 30 heavy (non-hydrogen) atoms. The van der Waals surface area contributed by atoms with E-state index >= 15 is 0 Å². The highest BCUT2D eigenvalue weighted by Gasteiger charge is 2.32. The van der Waals surface area contributed by atoms with Gasteiger partial charge in [-0.15, -0.1) is 0 Å². The summed E-state index contributed by atoms with van der Waals surface area (Å²) in [6.45, 7) is 0. The third-order valence-electron chi connectivity index (χ3n) is 6.07. The highest BCUT2D eigenvalue weighted by molar-refractivity contribution is 6.25. The van der Waals surface area contributed by atoms with Gasteiger partial charge in [0, 0.05) is 24.8 Å². The summed E-state index contributed by atoms with van der Waals surface area (Å²) in [5.74, 6) is 0.0541. The number of hydrogen-bond acceptors (Lipinski definition) is 5. The van der Waals surface area contributed by atoms with E-state index in [-0.39, 0.29) is 30.0 Å². The zero-order chi connectivity index (χ0) is 20.7. The summed E-state index contributed by atoms with van der Waals surface area (Å²) in [4.78, 5) is 42.4. The number of nitrogens with one attached hydrogen (secondary N) is 1. The van der Waals surface area contributed by atoms with E-state index in [9.17, 15) is 14.4 Å². The Balaban J connectivity index is 1.24. The van der Waals surface area contributed by atoms with Gasteiger partial charge in [0.25, 0.3) is 0 Å². The van der Waals surface area contributed by atoms with Crippen LogP contribution in [0.25, 0.3) is 5.57 Å². The fraction of sp³-hybridized carbons (Fsp3) is 0.333. The number of hydrogen-bond donors (Lipinski definition) is 1. The number of ketones is 2. The number of fused-ring (bicyclic) bond motifs is 2.